The maximum absolute atomic E-state index is 6.04. The number of nitrogens with zero attached hydrogens (tertiary/aromatic N) is 1. The van der Waals surface area contributed by atoms with E-state index in [-0.39, 0.29) is 0 Å². The molecule has 0 saturated carbocycles. The van der Waals surface area contributed by atoms with Crippen LogP contribution >= 0.6 is 0 Å². The van der Waals surface area contributed by atoms with E-state index in [4.69, 9.17) is 5.73 Å². The third-order valence-corrected chi connectivity index (χ3v) is 5.03. The number of hydrogen-bond acceptors (Lipinski definition) is 2. The van der Waals surface area contributed by atoms with Gasteiger partial charge >= 0.3 is 0 Å². The first kappa shape index (κ1) is 13.1. The van der Waals surface area contributed by atoms with Gasteiger partial charge in [0.25, 0.3) is 0 Å². The van der Waals surface area contributed by atoms with Gasteiger partial charge in [0.2, 0.25) is 0 Å². The van der Waals surface area contributed by atoms with E-state index in [2.05, 4.69) is 36.1 Å². The molecule has 0 radical (unpaired) electrons. The molecular formula is C17H26N2. The zero-order valence-electron chi connectivity index (χ0n) is 12.0. The highest BCUT2D eigenvalue weighted by Gasteiger charge is 2.33. The van der Waals surface area contributed by atoms with Crippen molar-refractivity contribution < 1.29 is 0 Å². The van der Waals surface area contributed by atoms with Gasteiger partial charge in [-0.1, -0.05) is 31.2 Å². The summed E-state index contributed by atoms with van der Waals surface area (Å²) in [6, 6.07) is 10.2. The van der Waals surface area contributed by atoms with Crippen LogP contribution < -0.4 is 5.73 Å². The topological polar surface area (TPSA) is 29.3 Å². The van der Waals surface area contributed by atoms with Crippen LogP contribution in [-0.4, -0.2) is 24.0 Å². The molecule has 1 fully saturated rings. The second-order valence-electron chi connectivity index (χ2n) is 6.36. The molecule has 0 bridgehead atoms. The van der Waals surface area contributed by atoms with Crippen molar-refractivity contribution in [2.75, 3.05) is 13.1 Å². The number of likely N-dealkylation sites (tertiary alicyclic amines) is 1. The van der Waals surface area contributed by atoms with E-state index in [0.29, 0.717) is 12.1 Å². The lowest BCUT2D eigenvalue weighted by atomic mass is 9.83. The Kier molecular flexibility index (Phi) is 3.90. The predicted molar refractivity (Wildman–Crippen MR) is 80.1 cm³/mol. The average molecular weight is 258 g/mol. The van der Waals surface area contributed by atoms with Gasteiger partial charge in [-0.15, -0.1) is 0 Å². The average Bonchev–Trinajstić information content (AvgIpc) is 2.46. The van der Waals surface area contributed by atoms with Crippen LogP contribution in [0.4, 0.5) is 0 Å². The van der Waals surface area contributed by atoms with E-state index < -0.39 is 0 Å². The monoisotopic (exact) mass is 258 g/mol. The molecule has 2 N–H and O–H groups in total. The lowest BCUT2D eigenvalue weighted by Gasteiger charge is -2.45. The van der Waals surface area contributed by atoms with Gasteiger partial charge in [-0.25, -0.2) is 0 Å². The number of aryl methyl sites for hydroxylation is 1. The fraction of sp³-hybridized carbons (Fsp3) is 0.647. The van der Waals surface area contributed by atoms with E-state index in [1.165, 1.54) is 38.6 Å². The molecule has 0 amide bonds. The molecule has 2 aliphatic rings. The highest BCUT2D eigenvalue weighted by molar-refractivity contribution is 5.32. The molecule has 1 aliphatic heterocycles. The quantitative estimate of drug-likeness (QED) is 0.883. The van der Waals surface area contributed by atoms with Crippen LogP contribution in [0.25, 0.3) is 0 Å². The Morgan fingerprint density at radius 3 is 2.95 bits per heavy atom. The smallest absolute Gasteiger partial charge is 0.0354 e. The molecule has 1 aliphatic carbocycles. The number of rotatable bonds is 2. The van der Waals surface area contributed by atoms with Crippen molar-refractivity contribution in [3.8, 4) is 0 Å². The first-order valence-electron chi connectivity index (χ1n) is 7.83. The summed E-state index contributed by atoms with van der Waals surface area (Å²) in [6.45, 7) is 4.40. The van der Waals surface area contributed by atoms with Gasteiger partial charge in [-0.05, 0) is 55.7 Å². The second kappa shape index (κ2) is 5.64. The highest BCUT2D eigenvalue weighted by Crippen LogP contribution is 2.38. The minimum Gasteiger partial charge on any atom is -0.329 e. The molecule has 3 rings (SSSR count). The first-order chi connectivity index (χ1) is 9.29. The molecule has 3 atom stereocenters. The molecule has 2 heteroatoms. The zero-order valence-corrected chi connectivity index (χ0v) is 12.0. The number of piperidine rings is 1. The van der Waals surface area contributed by atoms with Crippen LogP contribution in [0.2, 0.25) is 0 Å². The summed E-state index contributed by atoms with van der Waals surface area (Å²) < 4.78 is 0. The summed E-state index contributed by atoms with van der Waals surface area (Å²) in [5, 5.41) is 0. The molecule has 0 spiro atoms. The maximum Gasteiger partial charge on any atom is 0.0354 e. The van der Waals surface area contributed by atoms with E-state index in [0.717, 1.165) is 12.5 Å². The highest BCUT2D eigenvalue weighted by atomic mass is 15.2. The molecule has 1 aromatic carbocycles. The van der Waals surface area contributed by atoms with Gasteiger partial charge in [0.1, 0.15) is 0 Å². The summed E-state index contributed by atoms with van der Waals surface area (Å²) in [7, 11) is 0. The number of nitrogens with two attached hydrogens (primary N) is 1. The standard InChI is InChI=1S/C17H26N2/c1-13-9-10-19(15(11-13)12-18)17-8-4-6-14-5-2-3-7-16(14)17/h2-3,5,7,13,15,17H,4,6,8-12,18H2,1H3. The lowest BCUT2D eigenvalue weighted by Crippen LogP contribution is -2.48. The second-order valence-corrected chi connectivity index (χ2v) is 6.36. The maximum atomic E-state index is 6.04. The van der Waals surface area contributed by atoms with Crippen molar-refractivity contribution in [3.63, 3.8) is 0 Å². The molecule has 104 valence electrons. The van der Waals surface area contributed by atoms with Crippen molar-refractivity contribution in [2.45, 2.75) is 51.1 Å². The molecule has 2 nitrogen and oxygen atoms in total. The van der Waals surface area contributed by atoms with Crippen molar-refractivity contribution in [3.05, 3.63) is 35.4 Å². The molecule has 1 saturated heterocycles. The van der Waals surface area contributed by atoms with Gasteiger partial charge in [-0.3, -0.25) is 4.90 Å². The summed E-state index contributed by atoms with van der Waals surface area (Å²) in [6.07, 6.45) is 6.49. The third-order valence-electron chi connectivity index (χ3n) is 5.03. The summed E-state index contributed by atoms with van der Waals surface area (Å²) in [5.41, 5.74) is 9.18. The zero-order chi connectivity index (χ0) is 13.2. The summed E-state index contributed by atoms with van der Waals surface area (Å²) >= 11 is 0. The first-order valence-corrected chi connectivity index (χ1v) is 7.83. The van der Waals surface area contributed by atoms with Crippen LogP contribution in [0.5, 0.6) is 0 Å². The predicted octanol–water partition coefficient (Wildman–Crippen LogP) is 3.12. The number of fused-ring (bicyclic) bond motifs is 1. The number of benzene rings is 1. The van der Waals surface area contributed by atoms with Crippen molar-refractivity contribution in [1.82, 2.24) is 4.90 Å². The molecule has 3 unspecified atom stereocenters. The Morgan fingerprint density at radius 1 is 1.26 bits per heavy atom. The Labute approximate surface area is 117 Å². The third kappa shape index (κ3) is 2.56. The Bertz CT molecular complexity index is 429. The molecule has 0 aromatic heterocycles. The Hall–Kier alpha value is -0.860. The van der Waals surface area contributed by atoms with E-state index in [9.17, 15) is 0 Å². The van der Waals surface area contributed by atoms with Crippen LogP contribution in [0, 0.1) is 5.92 Å². The molecule has 19 heavy (non-hydrogen) atoms. The number of hydrogen-bond donors (Lipinski definition) is 1. The molecular weight excluding hydrogens is 232 g/mol. The van der Waals surface area contributed by atoms with Gasteiger partial charge in [0, 0.05) is 18.6 Å². The van der Waals surface area contributed by atoms with E-state index in [1.807, 2.05) is 0 Å². The normalized spacial score (nSPS) is 32.0. The van der Waals surface area contributed by atoms with Gasteiger partial charge in [0.15, 0.2) is 0 Å². The largest absolute Gasteiger partial charge is 0.329 e. The van der Waals surface area contributed by atoms with Crippen molar-refractivity contribution in [1.29, 1.82) is 0 Å². The van der Waals surface area contributed by atoms with Crippen LogP contribution in [0.1, 0.15) is 49.8 Å². The van der Waals surface area contributed by atoms with Crippen LogP contribution in [-0.2, 0) is 6.42 Å². The minimum absolute atomic E-state index is 0.583. The fourth-order valence-corrected chi connectivity index (χ4v) is 3.98. The van der Waals surface area contributed by atoms with Crippen LogP contribution in [0.15, 0.2) is 24.3 Å². The summed E-state index contributed by atoms with van der Waals surface area (Å²) in [5.74, 6) is 0.837. The lowest BCUT2D eigenvalue weighted by molar-refractivity contribution is 0.0670. The summed E-state index contributed by atoms with van der Waals surface area (Å²) in [4.78, 5) is 2.71. The van der Waals surface area contributed by atoms with Crippen LogP contribution in [0.3, 0.4) is 0 Å². The Balaban J connectivity index is 1.86. The van der Waals surface area contributed by atoms with Crippen molar-refractivity contribution >= 4 is 0 Å². The SMILES string of the molecule is CC1CCN(C2CCCc3ccccc32)C(CN)C1. The Morgan fingerprint density at radius 2 is 2.11 bits per heavy atom. The molecule has 1 aromatic rings. The minimum atomic E-state index is 0.583. The van der Waals surface area contributed by atoms with Crippen molar-refractivity contribution in [2.24, 2.45) is 11.7 Å². The van der Waals surface area contributed by atoms with E-state index >= 15 is 0 Å². The fourth-order valence-electron chi connectivity index (χ4n) is 3.98. The molecule has 1 heterocycles. The van der Waals surface area contributed by atoms with Gasteiger partial charge in [0.05, 0.1) is 0 Å². The van der Waals surface area contributed by atoms with E-state index in [1.54, 1.807) is 11.1 Å². The van der Waals surface area contributed by atoms with Gasteiger partial charge in [-0.2, -0.15) is 0 Å². The van der Waals surface area contributed by atoms with Gasteiger partial charge < -0.3 is 5.73 Å².